The molecule has 0 heterocycles. The van der Waals surface area contributed by atoms with Crippen molar-refractivity contribution >= 4 is 6.09 Å². The molecule has 4 heteroatoms. The first kappa shape index (κ1) is 18.3. The Morgan fingerprint density at radius 1 is 1.23 bits per heavy atom. The highest BCUT2D eigenvalue weighted by Crippen LogP contribution is 2.46. The third kappa shape index (κ3) is 3.85. The summed E-state index contributed by atoms with van der Waals surface area (Å²) in [5, 5.41) is 11.8. The first-order valence-electron chi connectivity index (χ1n) is 9.26. The predicted octanol–water partition coefficient (Wildman–Crippen LogP) is 5.42. The molecule has 0 bridgehead atoms. The molecule has 0 spiro atoms. The largest absolute Gasteiger partial charge is 0.494 e. The topological polar surface area (TPSA) is 58.6 Å². The van der Waals surface area contributed by atoms with Gasteiger partial charge < -0.3 is 15.2 Å². The van der Waals surface area contributed by atoms with Crippen molar-refractivity contribution in [3.63, 3.8) is 0 Å². The third-order valence-electron chi connectivity index (χ3n) is 5.08. The van der Waals surface area contributed by atoms with Gasteiger partial charge in [0, 0.05) is 0 Å². The van der Waals surface area contributed by atoms with Crippen LogP contribution in [0.15, 0.2) is 42.5 Å². The molecule has 1 unspecified atom stereocenters. The van der Waals surface area contributed by atoms with Crippen LogP contribution < -0.4 is 10.1 Å². The van der Waals surface area contributed by atoms with E-state index in [0.29, 0.717) is 0 Å². The molecule has 4 nitrogen and oxygen atoms in total. The minimum Gasteiger partial charge on any atom is -0.494 e. The molecular formula is C22H27NO3. The van der Waals surface area contributed by atoms with Gasteiger partial charge >= 0.3 is 6.09 Å². The van der Waals surface area contributed by atoms with Gasteiger partial charge in [0.15, 0.2) is 0 Å². The van der Waals surface area contributed by atoms with Crippen LogP contribution in [0.3, 0.4) is 0 Å². The zero-order chi connectivity index (χ0) is 18.7. The number of ether oxygens (including phenoxy) is 1. The molecule has 3 rings (SSSR count). The van der Waals surface area contributed by atoms with Crippen LogP contribution in [-0.2, 0) is 6.42 Å². The lowest BCUT2D eigenvalue weighted by Gasteiger charge is -2.27. The molecule has 0 saturated carbocycles. The number of carbonyl (C=O) groups is 1. The van der Waals surface area contributed by atoms with Gasteiger partial charge in [0.25, 0.3) is 0 Å². The molecule has 2 N–H and O–H groups in total. The molecule has 0 aromatic heterocycles. The van der Waals surface area contributed by atoms with Crippen LogP contribution in [-0.4, -0.2) is 17.8 Å². The van der Waals surface area contributed by atoms with Gasteiger partial charge in [-0.1, -0.05) is 57.5 Å². The lowest BCUT2D eigenvalue weighted by molar-refractivity contribution is 0.175. The second-order valence-corrected chi connectivity index (χ2v) is 7.69. The molecule has 1 atom stereocenters. The molecule has 2 aromatic carbocycles. The maximum Gasteiger partial charge on any atom is 0.405 e. The van der Waals surface area contributed by atoms with Crippen molar-refractivity contribution in [2.75, 3.05) is 6.61 Å². The summed E-state index contributed by atoms with van der Waals surface area (Å²) in [5.41, 5.74) is 4.41. The second-order valence-electron chi connectivity index (χ2n) is 7.69. The number of unbranched alkanes of at least 4 members (excludes halogenated alkanes) is 1. The van der Waals surface area contributed by atoms with E-state index in [1.54, 1.807) is 0 Å². The quantitative estimate of drug-likeness (QED) is 0.681. The SMILES string of the molecule is CCCCOc1cccc(-c2ccc3c(c2)CC(C)(C)C3NC(=O)O)c1. The maximum atomic E-state index is 11.2. The molecule has 1 aliphatic carbocycles. The normalized spacial score (nSPS) is 17.6. The fourth-order valence-electron chi connectivity index (χ4n) is 3.73. The van der Waals surface area contributed by atoms with Crippen molar-refractivity contribution in [3.05, 3.63) is 53.6 Å². The fraction of sp³-hybridized carbons (Fsp3) is 0.409. The van der Waals surface area contributed by atoms with Gasteiger partial charge in [0.05, 0.1) is 12.6 Å². The third-order valence-corrected chi connectivity index (χ3v) is 5.08. The first-order chi connectivity index (χ1) is 12.4. The summed E-state index contributed by atoms with van der Waals surface area (Å²) in [6.07, 6.45) is 2.05. The van der Waals surface area contributed by atoms with E-state index >= 15 is 0 Å². The molecule has 0 aliphatic heterocycles. The van der Waals surface area contributed by atoms with Crippen molar-refractivity contribution in [2.24, 2.45) is 5.41 Å². The fourth-order valence-corrected chi connectivity index (χ4v) is 3.73. The van der Waals surface area contributed by atoms with E-state index in [1.165, 1.54) is 5.56 Å². The van der Waals surface area contributed by atoms with E-state index in [4.69, 9.17) is 9.84 Å². The highest BCUT2D eigenvalue weighted by Gasteiger charge is 2.39. The smallest absolute Gasteiger partial charge is 0.405 e. The van der Waals surface area contributed by atoms with Crippen LogP contribution in [0.2, 0.25) is 0 Å². The van der Waals surface area contributed by atoms with Crippen LogP contribution in [0.4, 0.5) is 4.79 Å². The number of hydrogen-bond donors (Lipinski definition) is 2. The summed E-state index contributed by atoms with van der Waals surface area (Å²) in [7, 11) is 0. The van der Waals surface area contributed by atoms with Crippen LogP contribution in [0.1, 0.15) is 50.8 Å². The first-order valence-corrected chi connectivity index (χ1v) is 9.26. The average molecular weight is 353 g/mol. The van der Waals surface area contributed by atoms with Crippen LogP contribution in [0.5, 0.6) is 5.75 Å². The van der Waals surface area contributed by atoms with Crippen molar-refractivity contribution in [1.29, 1.82) is 0 Å². The molecule has 1 amide bonds. The van der Waals surface area contributed by atoms with Gasteiger partial charge in [0.2, 0.25) is 0 Å². The van der Waals surface area contributed by atoms with Gasteiger partial charge in [-0.3, -0.25) is 0 Å². The standard InChI is InChI=1S/C22H27NO3/c1-4-5-11-26-18-8-6-7-15(13-18)16-9-10-19-17(12-16)14-22(2,3)20(19)23-21(24)25/h6-10,12-13,20,23H,4-5,11,14H2,1-3H3,(H,24,25). The highest BCUT2D eigenvalue weighted by atomic mass is 16.5. The van der Waals surface area contributed by atoms with E-state index in [2.05, 4.69) is 56.4 Å². The second kappa shape index (κ2) is 7.40. The van der Waals surface area contributed by atoms with Gasteiger partial charge in [-0.25, -0.2) is 4.79 Å². The zero-order valence-corrected chi connectivity index (χ0v) is 15.7. The molecule has 138 valence electrons. The molecular weight excluding hydrogens is 326 g/mol. The number of nitrogens with one attached hydrogen (secondary N) is 1. The Bertz CT molecular complexity index is 798. The van der Waals surface area contributed by atoms with Crippen molar-refractivity contribution in [1.82, 2.24) is 5.32 Å². The summed E-state index contributed by atoms with van der Waals surface area (Å²) in [5.74, 6) is 0.891. The van der Waals surface area contributed by atoms with E-state index in [9.17, 15) is 4.79 Å². The Morgan fingerprint density at radius 2 is 2.00 bits per heavy atom. The van der Waals surface area contributed by atoms with Gasteiger partial charge in [-0.05, 0) is 52.6 Å². The van der Waals surface area contributed by atoms with Crippen LogP contribution in [0, 0.1) is 5.41 Å². The van der Waals surface area contributed by atoms with E-state index in [0.717, 1.165) is 48.3 Å². The number of hydrogen-bond acceptors (Lipinski definition) is 2. The Morgan fingerprint density at radius 3 is 2.73 bits per heavy atom. The lowest BCUT2D eigenvalue weighted by atomic mass is 9.85. The number of rotatable bonds is 6. The number of amides is 1. The van der Waals surface area contributed by atoms with Gasteiger partial charge in [-0.15, -0.1) is 0 Å². The van der Waals surface area contributed by atoms with E-state index < -0.39 is 6.09 Å². The van der Waals surface area contributed by atoms with Crippen molar-refractivity contribution in [3.8, 4) is 16.9 Å². The van der Waals surface area contributed by atoms with E-state index in [1.807, 2.05) is 12.1 Å². The molecule has 0 radical (unpaired) electrons. The number of benzene rings is 2. The van der Waals surface area contributed by atoms with Crippen molar-refractivity contribution < 1.29 is 14.6 Å². The zero-order valence-electron chi connectivity index (χ0n) is 15.7. The molecule has 0 saturated heterocycles. The predicted molar refractivity (Wildman–Crippen MR) is 104 cm³/mol. The highest BCUT2D eigenvalue weighted by molar-refractivity contribution is 5.69. The molecule has 0 fully saturated rings. The molecule has 1 aliphatic rings. The van der Waals surface area contributed by atoms with Crippen molar-refractivity contribution in [2.45, 2.75) is 46.1 Å². The monoisotopic (exact) mass is 353 g/mol. The Labute approximate surface area is 155 Å². The van der Waals surface area contributed by atoms with Gasteiger partial charge in [0.1, 0.15) is 5.75 Å². The van der Waals surface area contributed by atoms with E-state index in [-0.39, 0.29) is 11.5 Å². The maximum absolute atomic E-state index is 11.2. The summed E-state index contributed by atoms with van der Waals surface area (Å²) in [4.78, 5) is 11.2. The number of carboxylic acid groups (broad SMARTS) is 1. The number of fused-ring (bicyclic) bond motifs is 1. The van der Waals surface area contributed by atoms with Crippen LogP contribution in [0.25, 0.3) is 11.1 Å². The minimum atomic E-state index is -0.975. The van der Waals surface area contributed by atoms with Crippen LogP contribution >= 0.6 is 0 Å². The summed E-state index contributed by atoms with van der Waals surface area (Å²) < 4.78 is 5.82. The molecule has 26 heavy (non-hydrogen) atoms. The summed E-state index contributed by atoms with van der Waals surface area (Å²) in [6, 6.07) is 14.3. The summed E-state index contributed by atoms with van der Waals surface area (Å²) >= 11 is 0. The Balaban J connectivity index is 1.86. The Kier molecular flexibility index (Phi) is 5.21. The Hall–Kier alpha value is -2.49. The molecule has 2 aromatic rings. The lowest BCUT2D eigenvalue weighted by Crippen LogP contribution is -2.34. The average Bonchev–Trinajstić information content (AvgIpc) is 2.84. The minimum absolute atomic E-state index is 0.134. The summed E-state index contributed by atoms with van der Waals surface area (Å²) in [6.45, 7) is 7.10. The van der Waals surface area contributed by atoms with Gasteiger partial charge in [-0.2, -0.15) is 0 Å².